The van der Waals surface area contributed by atoms with Crippen LogP contribution in [0.25, 0.3) is 0 Å². The molecule has 2 aromatic carbocycles. The summed E-state index contributed by atoms with van der Waals surface area (Å²) < 4.78 is 6.96. The van der Waals surface area contributed by atoms with Crippen molar-refractivity contribution in [3.8, 4) is 0 Å². The summed E-state index contributed by atoms with van der Waals surface area (Å²) in [7, 11) is 0. The quantitative estimate of drug-likeness (QED) is 0.702. The molecule has 0 spiro atoms. The Balaban J connectivity index is 1.72. The Bertz CT molecular complexity index is 739. The van der Waals surface area contributed by atoms with E-state index in [1.165, 1.54) is 4.46 Å². The van der Waals surface area contributed by atoms with E-state index in [0.717, 1.165) is 5.56 Å². The average Bonchev–Trinajstić information content (AvgIpc) is 2.66. The van der Waals surface area contributed by atoms with Crippen LogP contribution in [0.5, 0.6) is 0 Å². The normalized spacial score (nSPS) is 20.1. The molecule has 3 amide bonds. The summed E-state index contributed by atoms with van der Waals surface area (Å²) in [5.41, 5.74) is 1.05. The first-order valence-corrected chi connectivity index (χ1v) is 10.5. The Kier molecular flexibility index (Phi) is 6.45. The molecule has 136 valence electrons. The number of rotatable bonds is 7. The van der Waals surface area contributed by atoms with Crippen LogP contribution < -0.4 is 9.78 Å². The molecule has 1 heterocycles. The van der Waals surface area contributed by atoms with Gasteiger partial charge in [-0.25, -0.2) is 0 Å². The third-order valence-electron chi connectivity index (χ3n) is 4.26. The fourth-order valence-corrected chi connectivity index (χ4v) is 5.72. The zero-order chi connectivity index (χ0) is 18.4. The van der Waals surface area contributed by atoms with Crippen LogP contribution in [0, 0.1) is 5.92 Å². The Hall–Kier alpha value is -2.14. The van der Waals surface area contributed by atoms with Crippen LogP contribution in [-0.2, 0) is 16.1 Å². The number of urea groups is 1. The van der Waals surface area contributed by atoms with Crippen LogP contribution in [0.1, 0.15) is 18.9 Å². The topological polar surface area (TPSA) is 58.6 Å². The van der Waals surface area contributed by atoms with E-state index in [1.807, 2.05) is 67.6 Å². The Labute approximate surface area is 159 Å². The number of hydrogen-bond acceptors (Lipinski definition) is 3. The second-order valence-electron chi connectivity index (χ2n) is 6.06. The predicted molar refractivity (Wildman–Crippen MR) is 101 cm³/mol. The molecule has 6 heteroatoms. The van der Waals surface area contributed by atoms with Gasteiger partial charge in [0.25, 0.3) is 0 Å². The fraction of sp³-hybridized carbons (Fsp3) is 0.300. The molecule has 0 aromatic heterocycles. The maximum atomic E-state index is 12.4. The van der Waals surface area contributed by atoms with Crippen molar-refractivity contribution in [3.63, 3.8) is 0 Å². The molecule has 1 fully saturated rings. The van der Waals surface area contributed by atoms with Crippen LogP contribution in [0.2, 0.25) is 0 Å². The number of carbonyl (C=O) groups is 2. The number of imide groups is 1. The average molecular weight is 417 g/mol. The molecule has 1 aliphatic rings. The first kappa shape index (κ1) is 18.6. The van der Waals surface area contributed by atoms with Crippen LogP contribution >= 0.6 is 0 Å². The molecule has 2 aromatic rings. The molecule has 3 rings (SSSR count). The molecular weight excluding hydrogens is 395 g/mol. The van der Waals surface area contributed by atoms with E-state index < -0.39 is 0 Å². The fourth-order valence-electron chi connectivity index (χ4n) is 2.87. The molecule has 0 aliphatic carbocycles. The third kappa shape index (κ3) is 4.52. The van der Waals surface area contributed by atoms with Gasteiger partial charge in [-0.05, 0) is 0 Å². The second-order valence-corrected chi connectivity index (χ2v) is 8.56. The summed E-state index contributed by atoms with van der Waals surface area (Å²) in [6.07, 6.45) is 0.688. The standard InChI is InChI=1S/C20H22N2O3Se/c1-2-17-18(23)21-20(24)22(14-25-13-15-9-5-3-6-10-15)19(17)26-16-11-7-4-8-12-16/h3-12,17,19H,2,13-14H2,1H3,(H,21,23,24). The summed E-state index contributed by atoms with van der Waals surface area (Å²) in [5, 5.41) is 2.47. The van der Waals surface area contributed by atoms with Crippen molar-refractivity contribution in [2.24, 2.45) is 5.92 Å². The van der Waals surface area contributed by atoms with Crippen molar-refractivity contribution < 1.29 is 14.3 Å². The zero-order valence-electron chi connectivity index (χ0n) is 14.6. The number of nitrogens with zero attached hydrogens (tertiary/aromatic N) is 1. The Morgan fingerprint density at radius 1 is 1.04 bits per heavy atom. The van der Waals surface area contributed by atoms with E-state index in [1.54, 1.807) is 4.90 Å². The number of ether oxygens (including phenoxy) is 1. The minimum atomic E-state index is -0.365. The summed E-state index contributed by atoms with van der Waals surface area (Å²) in [6.45, 7) is 2.58. The number of hydrogen-bond donors (Lipinski definition) is 1. The molecule has 0 radical (unpaired) electrons. The molecule has 0 saturated carbocycles. The number of nitrogens with one attached hydrogen (secondary N) is 1. The Morgan fingerprint density at radius 3 is 2.35 bits per heavy atom. The van der Waals surface area contributed by atoms with Crippen LogP contribution in [0.3, 0.4) is 0 Å². The van der Waals surface area contributed by atoms with Gasteiger partial charge < -0.3 is 0 Å². The van der Waals surface area contributed by atoms with E-state index in [-0.39, 0.29) is 44.5 Å². The van der Waals surface area contributed by atoms with Gasteiger partial charge in [-0.2, -0.15) is 0 Å². The molecule has 1 saturated heterocycles. The van der Waals surface area contributed by atoms with E-state index in [9.17, 15) is 9.59 Å². The predicted octanol–water partition coefficient (Wildman–Crippen LogP) is 2.09. The van der Waals surface area contributed by atoms with E-state index in [0.29, 0.717) is 13.0 Å². The first-order chi connectivity index (χ1) is 12.7. The van der Waals surface area contributed by atoms with Gasteiger partial charge in [0.2, 0.25) is 0 Å². The monoisotopic (exact) mass is 418 g/mol. The van der Waals surface area contributed by atoms with E-state index in [2.05, 4.69) is 5.32 Å². The molecule has 26 heavy (non-hydrogen) atoms. The number of benzene rings is 2. The molecule has 2 unspecified atom stereocenters. The molecule has 1 aliphatic heterocycles. The van der Waals surface area contributed by atoms with Crippen molar-refractivity contribution in [2.45, 2.75) is 24.9 Å². The van der Waals surface area contributed by atoms with Crippen molar-refractivity contribution >= 4 is 31.4 Å². The summed E-state index contributed by atoms with van der Waals surface area (Å²) >= 11 is -0.0362. The van der Waals surface area contributed by atoms with Crippen LogP contribution in [-0.4, -0.2) is 43.5 Å². The van der Waals surface area contributed by atoms with Gasteiger partial charge in [0.1, 0.15) is 0 Å². The van der Waals surface area contributed by atoms with E-state index in [4.69, 9.17) is 4.74 Å². The van der Waals surface area contributed by atoms with Gasteiger partial charge >= 0.3 is 160 Å². The van der Waals surface area contributed by atoms with Crippen LogP contribution in [0.4, 0.5) is 4.79 Å². The zero-order valence-corrected chi connectivity index (χ0v) is 16.3. The van der Waals surface area contributed by atoms with Crippen LogP contribution in [0.15, 0.2) is 60.7 Å². The first-order valence-electron chi connectivity index (χ1n) is 8.64. The molecular formula is C20H22N2O3Se. The van der Waals surface area contributed by atoms with Gasteiger partial charge in [0.05, 0.1) is 0 Å². The van der Waals surface area contributed by atoms with Gasteiger partial charge in [-0.3, -0.25) is 0 Å². The number of carbonyl (C=O) groups excluding carboxylic acids is 2. The van der Waals surface area contributed by atoms with Gasteiger partial charge in [-0.1, -0.05) is 0 Å². The third-order valence-corrected chi connectivity index (χ3v) is 7.13. The second kappa shape index (κ2) is 8.99. The maximum absolute atomic E-state index is 12.4. The minimum absolute atomic E-state index is 0.0362. The summed E-state index contributed by atoms with van der Waals surface area (Å²) in [5.74, 6) is -0.396. The van der Waals surface area contributed by atoms with Gasteiger partial charge in [-0.15, -0.1) is 0 Å². The molecule has 1 N–H and O–H groups in total. The van der Waals surface area contributed by atoms with Crippen molar-refractivity contribution in [3.05, 3.63) is 66.2 Å². The SMILES string of the molecule is CCC1C(=O)NC(=O)N(COCc2ccccc2)C1[Se]c1ccccc1. The van der Waals surface area contributed by atoms with E-state index >= 15 is 0 Å². The molecule has 5 nitrogen and oxygen atoms in total. The van der Waals surface area contributed by atoms with Crippen molar-refractivity contribution in [1.82, 2.24) is 10.2 Å². The Morgan fingerprint density at radius 2 is 1.69 bits per heavy atom. The molecule has 2 atom stereocenters. The van der Waals surface area contributed by atoms with Crippen molar-refractivity contribution in [1.29, 1.82) is 0 Å². The number of amides is 3. The summed E-state index contributed by atoms with van der Waals surface area (Å²) in [4.78, 5) is 26.2. The summed E-state index contributed by atoms with van der Waals surface area (Å²) in [6, 6.07) is 19.5. The van der Waals surface area contributed by atoms with Gasteiger partial charge in [0.15, 0.2) is 0 Å². The molecule has 0 bridgehead atoms. The van der Waals surface area contributed by atoms with Gasteiger partial charge in [0, 0.05) is 0 Å². The van der Waals surface area contributed by atoms with Crippen molar-refractivity contribution in [2.75, 3.05) is 6.73 Å².